The summed E-state index contributed by atoms with van der Waals surface area (Å²) < 4.78 is 1.01. The standard InChI is InChI=1S/C22H23BrN4O2S/c1-3-27(4-2)21(29)16-6-5-7-18(12-16)25-20(28)14-30-22-24-13-19(26-22)15-8-10-17(23)11-9-15/h5-13H,3-4,14H2,1-2H3,(H,24,26)(H,25,28). The highest BCUT2D eigenvalue weighted by Gasteiger charge is 2.13. The lowest BCUT2D eigenvalue weighted by Gasteiger charge is -2.19. The van der Waals surface area contributed by atoms with E-state index in [1.807, 2.05) is 38.1 Å². The van der Waals surface area contributed by atoms with Gasteiger partial charge in [0.15, 0.2) is 5.16 Å². The van der Waals surface area contributed by atoms with Crippen molar-refractivity contribution in [1.82, 2.24) is 14.9 Å². The van der Waals surface area contributed by atoms with Crippen LogP contribution < -0.4 is 5.32 Å². The van der Waals surface area contributed by atoms with Gasteiger partial charge in [-0.15, -0.1) is 0 Å². The molecular formula is C22H23BrN4O2S. The van der Waals surface area contributed by atoms with E-state index in [2.05, 4.69) is 31.2 Å². The third kappa shape index (κ3) is 5.73. The minimum atomic E-state index is -0.158. The lowest BCUT2D eigenvalue weighted by Crippen LogP contribution is -2.30. The zero-order valence-corrected chi connectivity index (χ0v) is 19.2. The zero-order valence-electron chi connectivity index (χ0n) is 16.8. The number of H-pyrrole nitrogens is 1. The first-order valence-corrected chi connectivity index (χ1v) is 11.4. The van der Waals surface area contributed by atoms with Crippen molar-refractivity contribution < 1.29 is 9.59 Å². The molecule has 0 aliphatic rings. The van der Waals surface area contributed by atoms with Gasteiger partial charge in [0.2, 0.25) is 5.91 Å². The summed E-state index contributed by atoms with van der Waals surface area (Å²) >= 11 is 4.75. The molecule has 8 heteroatoms. The molecule has 30 heavy (non-hydrogen) atoms. The molecule has 0 unspecified atom stereocenters. The van der Waals surface area contributed by atoms with Crippen LogP contribution in [-0.4, -0.2) is 45.5 Å². The molecule has 0 aliphatic heterocycles. The number of carbonyl (C=O) groups excluding carboxylic acids is 2. The number of hydrogen-bond donors (Lipinski definition) is 2. The second-order valence-electron chi connectivity index (χ2n) is 6.50. The molecule has 1 aromatic heterocycles. The zero-order chi connectivity index (χ0) is 21.5. The Morgan fingerprint density at radius 3 is 2.57 bits per heavy atom. The summed E-state index contributed by atoms with van der Waals surface area (Å²) in [6, 6.07) is 14.9. The van der Waals surface area contributed by atoms with Crippen LogP contribution in [0.4, 0.5) is 5.69 Å². The molecule has 0 spiro atoms. The van der Waals surface area contributed by atoms with Crippen molar-refractivity contribution in [3.63, 3.8) is 0 Å². The first-order chi connectivity index (χ1) is 14.5. The van der Waals surface area contributed by atoms with Crippen molar-refractivity contribution in [2.24, 2.45) is 0 Å². The predicted molar refractivity (Wildman–Crippen MR) is 125 cm³/mol. The molecular weight excluding hydrogens is 464 g/mol. The molecule has 3 aromatic rings. The van der Waals surface area contributed by atoms with E-state index in [-0.39, 0.29) is 17.6 Å². The second kappa shape index (κ2) is 10.4. The van der Waals surface area contributed by atoms with Crippen LogP contribution in [0.1, 0.15) is 24.2 Å². The summed E-state index contributed by atoms with van der Waals surface area (Å²) in [6.45, 7) is 5.18. The molecule has 2 amide bonds. The highest BCUT2D eigenvalue weighted by atomic mass is 79.9. The van der Waals surface area contributed by atoms with E-state index < -0.39 is 0 Å². The molecule has 1 heterocycles. The number of nitrogens with zero attached hydrogens (tertiary/aromatic N) is 2. The molecule has 3 rings (SSSR count). The van der Waals surface area contributed by atoms with E-state index in [1.165, 1.54) is 11.8 Å². The number of hydrogen-bond acceptors (Lipinski definition) is 4. The number of rotatable bonds is 8. The Labute approximate surface area is 188 Å². The van der Waals surface area contributed by atoms with Crippen LogP contribution in [-0.2, 0) is 4.79 Å². The van der Waals surface area contributed by atoms with Gasteiger partial charge in [-0.25, -0.2) is 4.98 Å². The molecule has 0 saturated carbocycles. The van der Waals surface area contributed by atoms with E-state index in [0.717, 1.165) is 15.7 Å². The van der Waals surface area contributed by atoms with Crippen molar-refractivity contribution in [3.8, 4) is 11.3 Å². The molecule has 0 fully saturated rings. The van der Waals surface area contributed by atoms with E-state index in [1.54, 1.807) is 35.4 Å². The van der Waals surface area contributed by atoms with Crippen LogP contribution in [0.25, 0.3) is 11.3 Å². The quantitative estimate of drug-likeness (QED) is 0.436. The molecule has 0 radical (unpaired) electrons. The van der Waals surface area contributed by atoms with Crippen molar-refractivity contribution in [3.05, 3.63) is 64.8 Å². The Balaban J connectivity index is 1.57. The van der Waals surface area contributed by atoms with Crippen molar-refractivity contribution >= 4 is 45.2 Å². The number of benzene rings is 2. The summed E-state index contributed by atoms with van der Waals surface area (Å²) in [6.07, 6.45) is 1.76. The summed E-state index contributed by atoms with van der Waals surface area (Å²) in [5, 5.41) is 3.52. The highest BCUT2D eigenvalue weighted by molar-refractivity contribution is 9.10. The normalized spacial score (nSPS) is 10.6. The number of aromatic amines is 1. The Morgan fingerprint density at radius 2 is 1.87 bits per heavy atom. The van der Waals surface area contributed by atoms with Gasteiger partial charge in [0.05, 0.1) is 17.6 Å². The number of halogens is 1. The third-order valence-corrected chi connectivity index (χ3v) is 5.91. The smallest absolute Gasteiger partial charge is 0.253 e. The maximum atomic E-state index is 12.5. The summed E-state index contributed by atoms with van der Waals surface area (Å²) in [5.41, 5.74) is 3.09. The molecule has 2 aromatic carbocycles. The minimum absolute atomic E-state index is 0.0402. The number of imidazole rings is 1. The predicted octanol–water partition coefficient (Wildman–Crippen LogP) is 5.05. The van der Waals surface area contributed by atoms with Crippen LogP contribution in [0.2, 0.25) is 0 Å². The lowest BCUT2D eigenvalue weighted by atomic mass is 10.1. The number of anilines is 1. The third-order valence-electron chi connectivity index (χ3n) is 4.49. The van der Waals surface area contributed by atoms with Gasteiger partial charge in [0, 0.05) is 28.8 Å². The fourth-order valence-electron chi connectivity index (χ4n) is 2.91. The molecule has 0 saturated heterocycles. The number of thioether (sulfide) groups is 1. The SMILES string of the molecule is CCN(CC)C(=O)c1cccc(NC(=O)CSc2ncc(-c3ccc(Br)cc3)[nH]2)c1. The second-order valence-corrected chi connectivity index (χ2v) is 8.38. The molecule has 0 aliphatic carbocycles. The maximum Gasteiger partial charge on any atom is 0.253 e. The van der Waals surface area contributed by atoms with Crippen molar-refractivity contribution in [1.29, 1.82) is 0 Å². The highest BCUT2D eigenvalue weighted by Crippen LogP contribution is 2.23. The first kappa shape index (κ1) is 22.1. The summed E-state index contributed by atoms with van der Waals surface area (Å²) in [4.78, 5) is 34.1. The Hall–Kier alpha value is -2.58. The van der Waals surface area contributed by atoms with Crippen LogP contribution in [0.15, 0.2) is 64.4 Å². The van der Waals surface area contributed by atoms with Crippen molar-refractivity contribution in [2.45, 2.75) is 19.0 Å². The van der Waals surface area contributed by atoms with Crippen LogP contribution in [0.3, 0.4) is 0 Å². The largest absolute Gasteiger partial charge is 0.339 e. The van der Waals surface area contributed by atoms with Crippen LogP contribution >= 0.6 is 27.7 Å². The first-order valence-electron chi connectivity index (χ1n) is 9.63. The fourth-order valence-corrected chi connectivity index (χ4v) is 3.82. The minimum Gasteiger partial charge on any atom is -0.339 e. The topological polar surface area (TPSA) is 78.1 Å². The van der Waals surface area contributed by atoms with E-state index in [4.69, 9.17) is 0 Å². The average Bonchev–Trinajstić information content (AvgIpc) is 3.23. The summed E-state index contributed by atoms with van der Waals surface area (Å²) in [5.74, 6) is 0.0113. The Kier molecular flexibility index (Phi) is 7.70. The van der Waals surface area contributed by atoms with Gasteiger partial charge >= 0.3 is 0 Å². The maximum absolute atomic E-state index is 12.5. The van der Waals surface area contributed by atoms with Gasteiger partial charge in [0.1, 0.15) is 0 Å². The van der Waals surface area contributed by atoms with E-state index >= 15 is 0 Å². The number of amides is 2. The Morgan fingerprint density at radius 1 is 1.13 bits per heavy atom. The lowest BCUT2D eigenvalue weighted by molar-refractivity contribution is -0.113. The van der Waals surface area contributed by atoms with Gasteiger partial charge in [-0.3, -0.25) is 9.59 Å². The van der Waals surface area contributed by atoms with E-state index in [9.17, 15) is 9.59 Å². The number of nitrogens with one attached hydrogen (secondary N) is 2. The van der Waals surface area contributed by atoms with Gasteiger partial charge in [-0.05, 0) is 49.7 Å². The number of aromatic nitrogens is 2. The number of carbonyl (C=O) groups is 2. The monoisotopic (exact) mass is 486 g/mol. The molecule has 6 nitrogen and oxygen atoms in total. The average molecular weight is 487 g/mol. The molecule has 2 N–H and O–H groups in total. The van der Waals surface area contributed by atoms with Gasteiger partial charge in [-0.1, -0.05) is 45.9 Å². The van der Waals surface area contributed by atoms with Gasteiger partial charge in [0.25, 0.3) is 5.91 Å². The van der Waals surface area contributed by atoms with E-state index in [0.29, 0.717) is 29.5 Å². The molecule has 156 valence electrons. The fraction of sp³-hybridized carbons (Fsp3) is 0.227. The van der Waals surface area contributed by atoms with Crippen LogP contribution in [0, 0.1) is 0 Å². The summed E-state index contributed by atoms with van der Waals surface area (Å²) in [7, 11) is 0. The Bertz CT molecular complexity index is 1020. The van der Waals surface area contributed by atoms with Gasteiger partial charge < -0.3 is 15.2 Å². The van der Waals surface area contributed by atoms with Gasteiger partial charge in [-0.2, -0.15) is 0 Å². The van der Waals surface area contributed by atoms with Crippen molar-refractivity contribution in [2.75, 3.05) is 24.2 Å². The molecule has 0 atom stereocenters. The van der Waals surface area contributed by atoms with Crippen LogP contribution in [0.5, 0.6) is 0 Å². The molecule has 0 bridgehead atoms.